The van der Waals surface area contributed by atoms with Gasteiger partial charge in [-0.25, -0.2) is 9.78 Å². The molecule has 2 aromatic carbocycles. The van der Waals surface area contributed by atoms with Gasteiger partial charge in [-0.1, -0.05) is 30.3 Å². The molecule has 3 aromatic rings. The number of ketones is 1. The summed E-state index contributed by atoms with van der Waals surface area (Å²) >= 11 is 0. The Hall–Kier alpha value is -4.68. The van der Waals surface area contributed by atoms with Crippen molar-refractivity contribution in [3.05, 3.63) is 76.7 Å². The molecular weight excluding hydrogens is 519 g/mol. The van der Waals surface area contributed by atoms with Gasteiger partial charge >= 0.3 is 12.3 Å². The molecule has 0 saturated carbocycles. The molecule has 1 aromatic heterocycles. The SMILES string of the molecule is CC(C)OC(=O)Nc1ccc(-c2ncc(N)c(=O)n2CC(=O)NC(Cc2ccccc2)C(=O)C(F)(F)F)cc1. The molecule has 2 amide bonds. The predicted octanol–water partition coefficient (Wildman–Crippen LogP) is 3.31. The number of hydrogen-bond donors (Lipinski definition) is 3. The first-order valence-corrected chi connectivity index (χ1v) is 11.7. The minimum atomic E-state index is -5.19. The van der Waals surface area contributed by atoms with E-state index >= 15 is 0 Å². The van der Waals surface area contributed by atoms with Crippen LogP contribution in [0.4, 0.5) is 29.3 Å². The van der Waals surface area contributed by atoms with E-state index in [0.29, 0.717) is 16.8 Å². The van der Waals surface area contributed by atoms with Crippen molar-refractivity contribution in [1.29, 1.82) is 0 Å². The van der Waals surface area contributed by atoms with Crippen LogP contribution < -0.4 is 21.9 Å². The number of halogens is 3. The number of carbonyl (C=O) groups is 3. The molecule has 39 heavy (non-hydrogen) atoms. The summed E-state index contributed by atoms with van der Waals surface area (Å²) < 4.78 is 45.6. The van der Waals surface area contributed by atoms with Crippen LogP contribution in [0.2, 0.25) is 0 Å². The summed E-state index contributed by atoms with van der Waals surface area (Å²) in [6.07, 6.45) is -5.51. The monoisotopic (exact) mass is 545 g/mol. The van der Waals surface area contributed by atoms with Crippen LogP contribution in [0.5, 0.6) is 0 Å². The summed E-state index contributed by atoms with van der Waals surface area (Å²) in [4.78, 5) is 53.6. The summed E-state index contributed by atoms with van der Waals surface area (Å²) in [5.74, 6) is -3.17. The number of rotatable bonds is 9. The highest BCUT2D eigenvalue weighted by Gasteiger charge is 2.44. The zero-order chi connectivity index (χ0) is 28.7. The van der Waals surface area contributed by atoms with Crippen LogP contribution in [0.3, 0.4) is 0 Å². The normalized spacial score (nSPS) is 12.1. The third-order valence-corrected chi connectivity index (χ3v) is 5.32. The maximum atomic E-state index is 13.2. The van der Waals surface area contributed by atoms with Crippen LogP contribution in [-0.2, 0) is 27.3 Å². The van der Waals surface area contributed by atoms with Gasteiger partial charge in [0, 0.05) is 17.7 Å². The number of anilines is 2. The fourth-order valence-corrected chi connectivity index (χ4v) is 3.59. The Labute approximate surface area is 221 Å². The number of benzene rings is 2. The molecule has 0 aliphatic carbocycles. The summed E-state index contributed by atoms with van der Waals surface area (Å²) in [5.41, 5.74) is 5.69. The smallest absolute Gasteiger partial charge is 0.447 e. The second kappa shape index (κ2) is 12.2. The molecule has 3 rings (SSSR count). The average molecular weight is 546 g/mol. The molecule has 10 nitrogen and oxygen atoms in total. The van der Waals surface area contributed by atoms with Crippen molar-refractivity contribution in [3.8, 4) is 11.4 Å². The maximum absolute atomic E-state index is 13.2. The summed E-state index contributed by atoms with van der Waals surface area (Å²) in [6, 6.07) is 12.0. The van der Waals surface area contributed by atoms with E-state index in [1.807, 2.05) is 0 Å². The van der Waals surface area contributed by atoms with Gasteiger partial charge in [-0.15, -0.1) is 0 Å². The van der Waals surface area contributed by atoms with Crippen molar-refractivity contribution in [2.45, 2.75) is 45.1 Å². The number of Topliss-reactive ketones (excluding diaryl/α,β-unsaturated/α-hetero) is 1. The molecule has 0 fully saturated rings. The number of carbonyl (C=O) groups excluding carboxylic acids is 3. The van der Waals surface area contributed by atoms with Gasteiger partial charge in [-0.3, -0.25) is 24.3 Å². The second-order valence-corrected chi connectivity index (χ2v) is 8.76. The van der Waals surface area contributed by atoms with Crippen LogP contribution in [-0.4, -0.2) is 45.7 Å². The summed E-state index contributed by atoms with van der Waals surface area (Å²) in [5, 5.41) is 4.62. The van der Waals surface area contributed by atoms with E-state index in [-0.39, 0.29) is 17.6 Å². The first-order valence-electron chi connectivity index (χ1n) is 11.7. The van der Waals surface area contributed by atoms with Crippen molar-refractivity contribution in [1.82, 2.24) is 14.9 Å². The van der Waals surface area contributed by atoms with E-state index in [1.165, 1.54) is 36.4 Å². The Morgan fingerprint density at radius 3 is 2.28 bits per heavy atom. The molecule has 0 saturated heterocycles. The summed E-state index contributed by atoms with van der Waals surface area (Å²) in [6.45, 7) is 2.62. The zero-order valence-electron chi connectivity index (χ0n) is 21.0. The van der Waals surface area contributed by atoms with E-state index in [2.05, 4.69) is 15.6 Å². The van der Waals surface area contributed by atoms with Gasteiger partial charge < -0.3 is 15.8 Å². The molecule has 1 heterocycles. The van der Waals surface area contributed by atoms with Gasteiger partial charge in [0.1, 0.15) is 24.1 Å². The Kier molecular flexibility index (Phi) is 9.07. The lowest BCUT2D eigenvalue weighted by Gasteiger charge is -2.20. The quantitative estimate of drug-likeness (QED) is 0.374. The van der Waals surface area contributed by atoms with Crippen LogP contribution >= 0.6 is 0 Å². The van der Waals surface area contributed by atoms with Gasteiger partial charge in [0.25, 0.3) is 11.3 Å². The van der Waals surface area contributed by atoms with E-state index in [0.717, 1.165) is 10.8 Å². The number of nitrogens with two attached hydrogens (primary N) is 1. The Balaban J connectivity index is 1.85. The maximum Gasteiger partial charge on any atom is 0.452 e. The summed E-state index contributed by atoms with van der Waals surface area (Å²) in [7, 11) is 0. The average Bonchev–Trinajstić information content (AvgIpc) is 2.86. The molecular formula is C26H26F3N5O5. The molecule has 1 atom stereocenters. The Bertz CT molecular complexity index is 1390. The van der Waals surface area contributed by atoms with Crippen LogP contribution in [0.25, 0.3) is 11.4 Å². The minimum Gasteiger partial charge on any atom is -0.447 e. The number of nitrogen functional groups attached to an aromatic ring is 1. The number of amides is 2. The fraction of sp³-hybridized carbons (Fsp3) is 0.269. The molecule has 0 bridgehead atoms. The van der Waals surface area contributed by atoms with Crippen molar-refractivity contribution in [2.24, 2.45) is 0 Å². The van der Waals surface area contributed by atoms with Crippen molar-refractivity contribution in [3.63, 3.8) is 0 Å². The lowest BCUT2D eigenvalue weighted by molar-refractivity contribution is -0.173. The number of hydrogen-bond acceptors (Lipinski definition) is 7. The number of alkyl halides is 3. The number of ether oxygens (including phenoxy) is 1. The third kappa shape index (κ3) is 7.90. The van der Waals surface area contributed by atoms with E-state index < -0.39 is 48.5 Å². The lowest BCUT2D eigenvalue weighted by Crippen LogP contribution is -2.49. The molecule has 4 N–H and O–H groups in total. The topological polar surface area (TPSA) is 145 Å². The molecule has 1 unspecified atom stereocenters. The van der Waals surface area contributed by atoms with Gasteiger partial charge in [-0.2, -0.15) is 13.2 Å². The van der Waals surface area contributed by atoms with E-state index in [1.54, 1.807) is 32.0 Å². The molecule has 0 aliphatic heterocycles. The van der Waals surface area contributed by atoms with E-state index in [9.17, 15) is 32.3 Å². The minimum absolute atomic E-state index is 0.0117. The number of aromatic nitrogens is 2. The lowest BCUT2D eigenvalue weighted by atomic mass is 10.0. The highest BCUT2D eigenvalue weighted by molar-refractivity contribution is 5.93. The predicted molar refractivity (Wildman–Crippen MR) is 137 cm³/mol. The molecule has 0 radical (unpaired) electrons. The van der Waals surface area contributed by atoms with Crippen molar-refractivity contribution < 1.29 is 32.3 Å². The standard InChI is InChI=1S/C26H26F3N5O5/c1-15(2)39-25(38)32-18-10-8-17(9-11-18)23-31-13-19(30)24(37)34(23)14-21(35)33-20(22(36)26(27,28)29)12-16-6-4-3-5-7-16/h3-11,13,15,20H,12,14,30H2,1-2H3,(H,32,38)(H,33,35). The van der Waals surface area contributed by atoms with Gasteiger partial charge in [0.2, 0.25) is 5.91 Å². The largest absolute Gasteiger partial charge is 0.452 e. The van der Waals surface area contributed by atoms with Gasteiger partial charge in [0.15, 0.2) is 0 Å². The molecule has 206 valence electrons. The van der Waals surface area contributed by atoms with Crippen LogP contribution in [0.1, 0.15) is 19.4 Å². The van der Waals surface area contributed by atoms with Crippen LogP contribution in [0, 0.1) is 0 Å². The van der Waals surface area contributed by atoms with Crippen molar-refractivity contribution >= 4 is 29.2 Å². The first kappa shape index (κ1) is 28.9. The Morgan fingerprint density at radius 1 is 1.05 bits per heavy atom. The second-order valence-electron chi connectivity index (χ2n) is 8.76. The highest BCUT2D eigenvalue weighted by atomic mass is 19.4. The van der Waals surface area contributed by atoms with Gasteiger partial charge in [0.05, 0.1) is 12.3 Å². The van der Waals surface area contributed by atoms with E-state index in [4.69, 9.17) is 10.5 Å². The molecule has 0 aliphatic rings. The molecule has 0 spiro atoms. The third-order valence-electron chi connectivity index (χ3n) is 5.32. The number of nitrogens with zero attached hydrogens (tertiary/aromatic N) is 2. The fourth-order valence-electron chi connectivity index (χ4n) is 3.59. The highest BCUT2D eigenvalue weighted by Crippen LogP contribution is 2.21. The first-order chi connectivity index (χ1) is 18.3. The molecule has 13 heteroatoms. The van der Waals surface area contributed by atoms with Crippen LogP contribution in [0.15, 0.2) is 65.6 Å². The Morgan fingerprint density at radius 2 is 1.69 bits per heavy atom. The zero-order valence-corrected chi connectivity index (χ0v) is 21.0. The van der Waals surface area contributed by atoms with Crippen molar-refractivity contribution in [2.75, 3.05) is 11.1 Å². The number of nitrogens with one attached hydrogen (secondary N) is 2. The van der Waals surface area contributed by atoms with Gasteiger partial charge in [-0.05, 0) is 43.7 Å².